The molecular weight excluding hydrogens is 232 g/mol. The fourth-order valence-corrected chi connectivity index (χ4v) is 2.87. The Morgan fingerprint density at radius 1 is 1.26 bits per heavy atom. The molecule has 0 aromatic heterocycles. The molecule has 0 saturated carbocycles. The molecule has 1 saturated heterocycles. The minimum absolute atomic E-state index is 0.202. The van der Waals surface area contributed by atoms with E-state index in [2.05, 4.69) is 68.4 Å². The highest BCUT2D eigenvalue weighted by molar-refractivity contribution is 5.23. The van der Waals surface area contributed by atoms with Crippen LogP contribution in [0.25, 0.3) is 0 Å². The third-order valence-corrected chi connectivity index (χ3v) is 4.60. The topological polar surface area (TPSA) is 15.3 Å². The van der Waals surface area contributed by atoms with Crippen molar-refractivity contribution in [2.75, 3.05) is 20.1 Å². The summed E-state index contributed by atoms with van der Waals surface area (Å²) < 4.78 is 0. The Labute approximate surface area is 118 Å². The van der Waals surface area contributed by atoms with Gasteiger partial charge in [0.1, 0.15) is 0 Å². The van der Waals surface area contributed by atoms with Crippen molar-refractivity contribution >= 4 is 0 Å². The summed E-state index contributed by atoms with van der Waals surface area (Å²) in [5.41, 5.74) is 1.62. The van der Waals surface area contributed by atoms with Gasteiger partial charge in [0.05, 0.1) is 0 Å². The van der Waals surface area contributed by atoms with E-state index in [1.165, 1.54) is 24.9 Å². The van der Waals surface area contributed by atoms with Gasteiger partial charge in [0.15, 0.2) is 0 Å². The van der Waals surface area contributed by atoms with Crippen molar-refractivity contribution < 1.29 is 0 Å². The van der Waals surface area contributed by atoms with Crippen LogP contribution in [0.3, 0.4) is 0 Å². The number of rotatable bonds is 4. The number of nitrogens with one attached hydrogen (secondary N) is 1. The molecule has 1 fully saturated rings. The van der Waals surface area contributed by atoms with Crippen LogP contribution in [0, 0.1) is 0 Å². The average Bonchev–Trinajstić information content (AvgIpc) is 2.41. The Morgan fingerprint density at radius 2 is 1.95 bits per heavy atom. The normalized spacial score (nSPS) is 25.5. The zero-order valence-corrected chi connectivity index (χ0v) is 12.8. The van der Waals surface area contributed by atoms with Gasteiger partial charge in [-0.05, 0) is 38.9 Å². The highest BCUT2D eigenvalue weighted by atomic mass is 15.1. The first-order valence-corrected chi connectivity index (χ1v) is 7.48. The summed E-state index contributed by atoms with van der Waals surface area (Å²) in [6, 6.07) is 12.2. The number of likely N-dealkylation sites (tertiary alicyclic amines) is 1. The summed E-state index contributed by atoms with van der Waals surface area (Å²) in [4.78, 5) is 2.46. The van der Waals surface area contributed by atoms with Crippen molar-refractivity contribution in [1.82, 2.24) is 10.2 Å². The molecule has 2 nitrogen and oxygen atoms in total. The fourth-order valence-electron chi connectivity index (χ4n) is 2.87. The summed E-state index contributed by atoms with van der Waals surface area (Å²) in [6.45, 7) is 9.25. The van der Waals surface area contributed by atoms with Crippen molar-refractivity contribution in [3.8, 4) is 0 Å². The smallest absolute Gasteiger partial charge is 0.00943 e. The van der Waals surface area contributed by atoms with E-state index >= 15 is 0 Å². The average molecular weight is 260 g/mol. The van der Waals surface area contributed by atoms with Gasteiger partial charge in [-0.3, -0.25) is 0 Å². The second-order valence-electron chi connectivity index (χ2n) is 6.68. The van der Waals surface area contributed by atoms with Crippen LogP contribution in [-0.2, 0) is 5.41 Å². The summed E-state index contributed by atoms with van der Waals surface area (Å²) in [5.74, 6) is 0. The zero-order valence-electron chi connectivity index (χ0n) is 12.8. The molecule has 0 aliphatic carbocycles. The maximum absolute atomic E-state index is 3.78. The van der Waals surface area contributed by atoms with E-state index in [9.17, 15) is 0 Å². The van der Waals surface area contributed by atoms with Gasteiger partial charge in [-0.2, -0.15) is 0 Å². The SMILES string of the molecule is CC1CC(NCC(C)(C)c2ccccc2)CCN1C. The molecule has 106 valence electrons. The van der Waals surface area contributed by atoms with Crippen LogP contribution >= 0.6 is 0 Å². The highest BCUT2D eigenvalue weighted by Crippen LogP contribution is 2.23. The van der Waals surface area contributed by atoms with E-state index in [1.807, 2.05) is 0 Å². The van der Waals surface area contributed by atoms with Gasteiger partial charge in [0.25, 0.3) is 0 Å². The number of hydrogen-bond donors (Lipinski definition) is 1. The third kappa shape index (κ3) is 3.80. The maximum atomic E-state index is 3.78. The molecule has 2 atom stereocenters. The molecule has 1 aliphatic rings. The fraction of sp³-hybridized carbons (Fsp3) is 0.647. The van der Waals surface area contributed by atoms with Crippen LogP contribution in [0.2, 0.25) is 0 Å². The van der Waals surface area contributed by atoms with E-state index in [0.717, 1.165) is 6.54 Å². The molecular formula is C17H28N2. The molecule has 19 heavy (non-hydrogen) atoms. The standard InChI is InChI=1S/C17H28N2/c1-14-12-16(10-11-19(14)4)18-13-17(2,3)15-8-6-5-7-9-15/h5-9,14,16,18H,10-13H2,1-4H3. The van der Waals surface area contributed by atoms with E-state index in [4.69, 9.17) is 0 Å². The number of benzene rings is 1. The lowest BCUT2D eigenvalue weighted by Crippen LogP contribution is -2.48. The molecule has 1 aliphatic heterocycles. The second kappa shape index (κ2) is 6.06. The van der Waals surface area contributed by atoms with Crippen LogP contribution in [0.5, 0.6) is 0 Å². The Bertz CT molecular complexity index is 386. The van der Waals surface area contributed by atoms with Gasteiger partial charge in [0, 0.05) is 24.0 Å². The lowest BCUT2D eigenvalue weighted by Gasteiger charge is -2.37. The predicted molar refractivity (Wildman–Crippen MR) is 82.6 cm³/mol. The van der Waals surface area contributed by atoms with Gasteiger partial charge in [-0.1, -0.05) is 44.2 Å². The molecule has 0 amide bonds. The van der Waals surface area contributed by atoms with Crippen LogP contribution in [0.15, 0.2) is 30.3 Å². The van der Waals surface area contributed by atoms with E-state index in [0.29, 0.717) is 12.1 Å². The maximum Gasteiger partial charge on any atom is 0.00943 e. The summed E-state index contributed by atoms with van der Waals surface area (Å²) in [6.07, 6.45) is 2.53. The summed E-state index contributed by atoms with van der Waals surface area (Å²) >= 11 is 0. The molecule has 1 aromatic carbocycles. The molecule has 1 heterocycles. The molecule has 0 spiro atoms. The van der Waals surface area contributed by atoms with Crippen molar-refractivity contribution in [3.05, 3.63) is 35.9 Å². The lowest BCUT2D eigenvalue weighted by molar-refractivity contribution is 0.165. The predicted octanol–water partition coefficient (Wildman–Crippen LogP) is 3.04. The van der Waals surface area contributed by atoms with E-state index in [-0.39, 0.29) is 5.41 Å². The molecule has 2 unspecified atom stereocenters. The number of piperidine rings is 1. The molecule has 0 radical (unpaired) electrons. The number of nitrogens with zero attached hydrogens (tertiary/aromatic N) is 1. The molecule has 2 rings (SSSR count). The van der Waals surface area contributed by atoms with Crippen LogP contribution in [0.1, 0.15) is 39.2 Å². The Kier molecular flexibility index (Phi) is 4.64. The minimum atomic E-state index is 0.202. The van der Waals surface area contributed by atoms with Crippen molar-refractivity contribution in [2.45, 2.75) is 51.1 Å². The Hall–Kier alpha value is -0.860. The van der Waals surface area contributed by atoms with Gasteiger partial charge in [-0.25, -0.2) is 0 Å². The van der Waals surface area contributed by atoms with Crippen molar-refractivity contribution in [2.24, 2.45) is 0 Å². The monoisotopic (exact) mass is 260 g/mol. The van der Waals surface area contributed by atoms with Crippen LogP contribution in [0.4, 0.5) is 0 Å². The third-order valence-electron chi connectivity index (χ3n) is 4.60. The molecule has 0 bridgehead atoms. The quantitative estimate of drug-likeness (QED) is 0.895. The summed E-state index contributed by atoms with van der Waals surface area (Å²) in [5, 5.41) is 3.78. The van der Waals surface area contributed by atoms with Gasteiger partial charge < -0.3 is 10.2 Å². The first kappa shape index (κ1) is 14.5. The Balaban J connectivity index is 1.88. The van der Waals surface area contributed by atoms with Crippen LogP contribution in [-0.4, -0.2) is 37.1 Å². The molecule has 1 aromatic rings. The summed E-state index contributed by atoms with van der Waals surface area (Å²) in [7, 11) is 2.23. The van der Waals surface area contributed by atoms with Crippen molar-refractivity contribution in [3.63, 3.8) is 0 Å². The first-order chi connectivity index (χ1) is 8.99. The second-order valence-corrected chi connectivity index (χ2v) is 6.68. The van der Waals surface area contributed by atoms with Gasteiger partial charge in [-0.15, -0.1) is 0 Å². The van der Waals surface area contributed by atoms with E-state index in [1.54, 1.807) is 0 Å². The van der Waals surface area contributed by atoms with E-state index < -0.39 is 0 Å². The van der Waals surface area contributed by atoms with Gasteiger partial charge >= 0.3 is 0 Å². The first-order valence-electron chi connectivity index (χ1n) is 7.48. The van der Waals surface area contributed by atoms with Crippen molar-refractivity contribution in [1.29, 1.82) is 0 Å². The Morgan fingerprint density at radius 3 is 2.58 bits per heavy atom. The largest absolute Gasteiger partial charge is 0.313 e. The minimum Gasteiger partial charge on any atom is -0.313 e. The molecule has 2 heteroatoms. The lowest BCUT2D eigenvalue weighted by atomic mass is 9.84. The van der Waals surface area contributed by atoms with Crippen LogP contribution < -0.4 is 5.32 Å². The highest BCUT2D eigenvalue weighted by Gasteiger charge is 2.25. The number of hydrogen-bond acceptors (Lipinski definition) is 2. The molecule has 1 N–H and O–H groups in total. The zero-order chi connectivity index (χ0) is 13.9. The van der Waals surface area contributed by atoms with Gasteiger partial charge in [0.2, 0.25) is 0 Å².